The van der Waals surface area contributed by atoms with E-state index in [1.54, 1.807) is 12.1 Å². The summed E-state index contributed by atoms with van der Waals surface area (Å²) in [6.45, 7) is 1.81. The number of carbonyl (C=O) groups is 1. The summed E-state index contributed by atoms with van der Waals surface area (Å²) in [7, 11) is 2.83. The highest BCUT2D eigenvalue weighted by Crippen LogP contribution is 2.16. The molecule has 2 rings (SSSR count). The lowest BCUT2D eigenvalue weighted by Crippen LogP contribution is -2.39. The van der Waals surface area contributed by atoms with Crippen molar-refractivity contribution < 1.29 is 4.79 Å². The van der Waals surface area contributed by atoms with Crippen molar-refractivity contribution in [3.63, 3.8) is 0 Å². The van der Waals surface area contributed by atoms with E-state index in [-0.39, 0.29) is 5.56 Å². The topological polar surface area (TPSA) is 61.1 Å². The summed E-state index contributed by atoms with van der Waals surface area (Å²) in [6, 6.07) is 4.87. The van der Waals surface area contributed by atoms with Crippen LogP contribution in [0.4, 0.5) is 0 Å². The van der Waals surface area contributed by atoms with Crippen molar-refractivity contribution in [2.45, 2.75) is 6.92 Å². The fourth-order valence-electron chi connectivity index (χ4n) is 1.99. The zero-order valence-corrected chi connectivity index (χ0v) is 12.1. The third-order valence-electron chi connectivity index (χ3n) is 3.00. The standard InChI is InChI=1S/C14H13ClN2O3/c1-8-4-9(6-10(15)5-8)12(18)11-7-16(2)14(20)17(3)13(11)19/h4-7H,1-3H3. The van der Waals surface area contributed by atoms with Gasteiger partial charge in [0.1, 0.15) is 5.56 Å². The Morgan fingerprint density at radius 2 is 1.80 bits per heavy atom. The van der Waals surface area contributed by atoms with Crippen molar-refractivity contribution in [3.05, 3.63) is 66.9 Å². The first kappa shape index (κ1) is 14.3. The molecule has 0 radical (unpaired) electrons. The minimum absolute atomic E-state index is 0.0590. The maximum atomic E-state index is 12.4. The SMILES string of the molecule is Cc1cc(Cl)cc(C(=O)c2cn(C)c(=O)n(C)c2=O)c1. The molecule has 0 aliphatic carbocycles. The summed E-state index contributed by atoms with van der Waals surface area (Å²) >= 11 is 5.92. The molecule has 0 aliphatic rings. The number of hydrogen-bond donors (Lipinski definition) is 0. The Kier molecular flexibility index (Phi) is 3.63. The monoisotopic (exact) mass is 292 g/mol. The minimum atomic E-state index is -0.615. The maximum absolute atomic E-state index is 12.4. The number of hydrogen-bond acceptors (Lipinski definition) is 3. The van der Waals surface area contributed by atoms with E-state index in [1.165, 1.54) is 30.9 Å². The Hall–Kier alpha value is -2.14. The summed E-state index contributed by atoms with van der Waals surface area (Å²) in [5, 5.41) is 0.426. The quantitative estimate of drug-likeness (QED) is 0.783. The third-order valence-corrected chi connectivity index (χ3v) is 3.21. The molecule has 1 aromatic heterocycles. The molecular weight excluding hydrogens is 280 g/mol. The second-order valence-corrected chi connectivity index (χ2v) is 5.08. The van der Waals surface area contributed by atoms with Crippen LogP contribution in [0.3, 0.4) is 0 Å². The Morgan fingerprint density at radius 1 is 1.15 bits per heavy atom. The Bertz CT molecular complexity index is 798. The van der Waals surface area contributed by atoms with Crippen molar-refractivity contribution in [1.82, 2.24) is 9.13 Å². The first-order chi connectivity index (χ1) is 9.31. The number of halogens is 1. The molecule has 0 saturated heterocycles. The van der Waals surface area contributed by atoms with Crippen LogP contribution in [0.25, 0.3) is 0 Å². The second-order valence-electron chi connectivity index (χ2n) is 4.65. The average molecular weight is 293 g/mol. The predicted octanol–water partition coefficient (Wildman–Crippen LogP) is 1.28. The van der Waals surface area contributed by atoms with Gasteiger partial charge in [-0.2, -0.15) is 0 Å². The lowest BCUT2D eigenvalue weighted by atomic mass is 10.0. The van der Waals surface area contributed by atoms with Crippen molar-refractivity contribution in [2.75, 3.05) is 0 Å². The lowest BCUT2D eigenvalue weighted by molar-refractivity contribution is 0.103. The zero-order chi connectivity index (χ0) is 15.0. The molecule has 2 aromatic rings. The van der Waals surface area contributed by atoms with Gasteiger partial charge < -0.3 is 4.57 Å². The molecule has 1 aromatic carbocycles. The molecular formula is C14H13ClN2O3. The van der Waals surface area contributed by atoms with Crippen LogP contribution in [0.15, 0.2) is 34.0 Å². The van der Waals surface area contributed by atoms with Crippen molar-refractivity contribution >= 4 is 17.4 Å². The molecule has 0 saturated carbocycles. The molecule has 0 aliphatic heterocycles. The van der Waals surface area contributed by atoms with Gasteiger partial charge in [0.15, 0.2) is 5.78 Å². The van der Waals surface area contributed by atoms with Crippen LogP contribution in [0, 0.1) is 6.92 Å². The van der Waals surface area contributed by atoms with E-state index in [0.717, 1.165) is 10.1 Å². The molecule has 5 nitrogen and oxygen atoms in total. The fourth-order valence-corrected chi connectivity index (χ4v) is 2.28. The molecule has 0 spiro atoms. The molecule has 0 amide bonds. The molecule has 6 heteroatoms. The summed E-state index contributed by atoms with van der Waals surface area (Å²) in [4.78, 5) is 36.0. The van der Waals surface area contributed by atoms with Crippen LogP contribution in [-0.2, 0) is 14.1 Å². The maximum Gasteiger partial charge on any atom is 0.330 e. The van der Waals surface area contributed by atoms with Crippen LogP contribution < -0.4 is 11.2 Å². The van der Waals surface area contributed by atoms with Crippen LogP contribution in [0.2, 0.25) is 5.02 Å². The van der Waals surface area contributed by atoms with Gasteiger partial charge in [-0.05, 0) is 30.7 Å². The van der Waals surface area contributed by atoms with Gasteiger partial charge in [-0.25, -0.2) is 4.79 Å². The number of carbonyl (C=O) groups excluding carboxylic acids is 1. The highest BCUT2D eigenvalue weighted by atomic mass is 35.5. The predicted molar refractivity (Wildman–Crippen MR) is 76.5 cm³/mol. The molecule has 0 N–H and O–H groups in total. The minimum Gasteiger partial charge on any atom is -0.303 e. The molecule has 20 heavy (non-hydrogen) atoms. The van der Waals surface area contributed by atoms with Gasteiger partial charge in [-0.15, -0.1) is 0 Å². The van der Waals surface area contributed by atoms with Crippen molar-refractivity contribution in [2.24, 2.45) is 14.1 Å². The van der Waals surface area contributed by atoms with Crippen molar-refractivity contribution in [3.8, 4) is 0 Å². The molecule has 104 valence electrons. The molecule has 0 bridgehead atoms. The summed E-state index contributed by atoms with van der Waals surface area (Å²) < 4.78 is 2.11. The number of benzene rings is 1. The summed E-state index contributed by atoms with van der Waals surface area (Å²) in [5.41, 5.74) is -0.00550. The Balaban J connectivity index is 2.66. The molecule has 1 heterocycles. The van der Waals surface area contributed by atoms with Gasteiger partial charge in [-0.1, -0.05) is 11.6 Å². The van der Waals surface area contributed by atoms with Crippen LogP contribution in [0.1, 0.15) is 21.5 Å². The zero-order valence-electron chi connectivity index (χ0n) is 11.3. The highest BCUT2D eigenvalue weighted by molar-refractivity contribution is 6.31. The number of aromatic nitrogens is 2. The summed E-state index contributed by atoms with van der Waals surface area (Å²) in [6.07, 6.45) is 1.25. The molecule has 0 fully saturated rings. The van der Waals surface area contributed by atoms with E-state index in [4.69, 9.17) is 11.6 Å². The van der Waals surface area contributed by atoms with E-state index in [1.807, 2.05) is 6.92 Å². The van der Waals surface area contributed by atoms with Gasteiger partial charge >= 0.3 is 5.69 Å². The van der Waals surface area contributed by atoms with Gasteiger partial charge in [0, 0.05) is 30.9 Å². The Labute approximate surface area is 120 Å². The van der Waals surface area contributed by atoms with Crippen LogP contribution >= 0.6 is 11.6 Å². The van der Waals surface area contributed by atoms with Crippen molar-refractivity contribution in [1.29, 1.82) is 0 Å². The normalized spacial score (nSPS) is 10.6. The summed E-state index contributed by atoms with van der Waals surface area (Å²) in [5.74, 6) is -0.452. The fraction of sp³-hybridized carbons (Fsp3) is 0.214. The largest absolute Gasteiger partial charge is 0.330 e. The number of aryl methyl sites for hydroxylation is 2. The first-order valence-electron chi connectivity index (χ1n) is 5.90. The van der Waals surface area contributed by atoms with Gasteiger partial charge in [0.05, 0.1) is 0 Å². The van der Waals surface area contributed by atoms with Crippen LogP contribution in [0.5, 0.6) is 0 Å². The van der Waals surface area contributed by atoms with E-state index < -0.39 is 17.0 Å². The van der Waals surface area contributed by atoms with Gasteiger partial charge in [0.25, 0.3) is 5.56 Å². The Morgan fingerprint density at radius 3 is 2.40 bits per heavy atom. The average Bonchev–Trinajstić information content (AvgIpc) is 2.38. The number of nitrogens with zero attached hydrogens (tertiary/aromatic N) is 2. The number of ketones is 1. The smallest absolute Gasteiger partial charge is 0.303 e. The van der Waals surface area contributed by atoms with E-state index in [2.05, 4.69) is 0 Å². The van der Waals surface area contributed by atoms with Gasteiger partial charge in [0.2, 0.25) is 0 Å². The highest BCUT2D eigenvalue weighted by Gasteiger charge is 2.17. The third kappa shape index (κ3) is 2.44. The van der Waals surface area contributed by atoms with E-state index in [0.29, 0.717) is 10.6 Å². The van der Waals surface area contributed by atoms with Crippen LogP contribution in [-0.4, -0.2) is 14.9 Å². The van der Waals surface area contributed by atoms with E-state index in [9.17, 15) is 14.4 Å². The van der Waals surface area contributed by atoms with E-state index >= 15 is 0 Å². The number of rotatable bonds is 2. The molecule has 0 atom stereocenters. The molecule has 0 unspecified atom stereocenters. The lowest BCUT2D eigenvalue weighted by Gasteiger charge is -2.07. The second kappa shape index (κ2) is 5.09. The first-order valence-corrected chi connectivity index (χ1v) is 6.27. The van der Waals surface area contributed by atoms with Gasteiger partial charge in [-0.3, -0.25) is 14.2 Å².